The molecule has 71 heavy (non-hydrogen) atoms. The molecule has 2 aromatic heterocycles. The molecule has 0 fully saturated rings. The molecular formula is C65H68B2N2OPt. The normalized spacial score (nSPS) is 13.1. The van der Waals surface area contributed by atoms with Crippen molar-refractivity contribution in [2.45, 2.75) is 125 Å². The van der Waals surface area contributed by atoms with Gasteiger partial charge in [0.15, 0.2) is 6.71 Å². The molecule has 0 unspecified atom stereocenters. The molecule has 3 heterocycles. The molecule has 0 aliphatic carbocycles. The van der Waals surface area contributed by atoms with E-state index in [0.717, 1.165) is 27.7 Å². The number of nitrogens with zero attached hydrogens (tertiary/aromatic N) is 2. The van der Waals surface area contributed by atoms with Crippen molar-refractivity contribution in [1.29, 1.82) is 0 Å². The van der Waals surface area contributed by atoms with Gasteiger partial charge in [0.2, 0.25) is 6.71 Å². The quantitative estimate of drug-likeness (QED) is 0.0852. The Kier molecular flexibility index (Phi) is 14.4. The fraction of sp³-hybridized carbons (Fsp3) is 0.292. The third-order valence-electron chi connectivity index (χ3n) is 14.4. The van der Waals surface area contributed by atoms with Crippen molar-refractivity contribution in [2.75, 3.05) is 0 Å². The molecule has 0 saturated heterocycles. The molecule has 6 heteroatoms. The van der Waals surface area contributed by atoms with Crippen LogP contribution in [-0.2, 0) is 21.1 Å². The maximum Gasteiger partial charge on any atom is 2.00 e. The first-order valence-electron chi connectivity index (χ1n) is 27.1. The fourth-order valence-electron chi connectivity index (χ4n) is 11.2. The second-order valence-electron chi connectivity index (χ2n) is 21.2. The first-order valence-corrected chi connectivity index (χ1v) is 25.6. The van der Waals surface area contributed by atoms with E-state index in [1.807, 2.05) is 24.4 Å². The van der Waals surface area contributed by atoms with Crippen LogP contribution in [0.5, 0.6) is 11.5 Å². The van der Waals surface area contributed by atoms with Gasteiger partial charge in [-0.15, -0.1) is 40.9 Å². The molecule has 1 aliphatic rings. The smallest absolute Gasteiger partial charge is 0.497 e. The Balaban J connectivity index is 0.00000729. The zero-order valence-corrected chi connectivity index (χ0v) is 45.8. The first-order chi connectivity index (χ1) is 34.8. The predicted octanol–water partition coefficient (Wildman–Crippen LogP) is 13.3. The van der Waals surface area contributed by atoms with Crippen molar-refractivity contribution in [3.05, 3.63) is 191 Å². The Hall–Kier alpha value is -5.76. The van der Waals surface area contributed by atoms with E-state index in [1.54, 1.807) is 12.1 Å². The van der Waals surface area contributed by atoms with Crippen molar-refractivity contribution in [3.63, 3.8) is 0 Å². The molecule has 360 valence electrons. The molecule has 1 aliphatic heterocycles. The maximum absolute atomic E-state index is 8.40. The largest absolute Gasteiger partial charge is 2.00 e. The van der Waals surface area contributed by atoms with Gasteiger partial charge >= 0.3 is 21.1 Å². The third kappa shape index (κ3) is 10.1. The molecular weight excluding hydrogens is 1040 g/mol. The van der Waals surface area contributed by atoms with E-state index in [9.17, 15) is 0 Å². The molecule has 3 nitrogen and oxygen atoms in total. The van der Waals surface area contributed by atoms with Gasteiger partial charge in [-0.3, -0.25) is 0 Å². The minimum Gasteiger partial charge on any atom is -0.497 e. The predicted molar refractivity (Wildman–Crippen MR) is 300 cm³/mol. The molecule has 0 saturated carbocycles. The van der Waals surface area contributed by atoms with Gasteiger partial charge in [0.05, 0.1) is 0 Å². The number of rotatable bonds is 13. The van der Waals surface area contributed by atoms with Gasteiger partial charge < -0.3 is 14.7 Å². The number of benzene rings is 6. The van der Waals surface area contributed by atoms with Gasteiger partial charge in [-0.2, -0.15) is 5.46 Å². The van der Waals surface area contributed by atoms with Crippen LogP contribution in [0.1, 0.15) is 162 Å². The van der Waals surface area contributed by atoms with E-state index < -0.39 is 6.85 Å². The Morgan fingerprint density at radius 3 is 1.52 bits per heavy atom. The maximum atomic E-state index is 8.40. The van der Waals surface area contributed by atoms with Crippen LogP contribution in [0.25, 0.3) is 33.6 Å². The van der Waals surface area contributed by atoms with E-state index in [0.29, 0.717) is 34.6 Å². The summed E-state index contributed by atoms with van der Waals surface area (Å²) in [7, 11) is 0. The molecule has 9 rings (SSSR count). The van der Waals surface area contributed by atoms with Gasteiger partial charge in [-0.1, -0.05) is 225 Å². The zero-order valence-electron chi connectivity index (χ0n) is 46.5. The topological polar surface area (TPSA) is 35.0 Å². The van der Waals surface area contributed by atoms with Crippen LogP contribution in [0.2, 0.25) is 0 Å². The van der Waals surface area contributed by atoms with Gasteiger partial charge in [0.25, 0.3) is 0 Å². The van der Waals surface area contributed by atoms with Gasteiger partial charge in [0, 0.05) is 27.5 Å². The monoisotopic (exact) mass is 1110 g/mol. The molecule has 0 spiro atoms. The Morgan fingerprint density at radius 2 is 0.972 bits per heavy atom. The summed E-state index contributed by atoms with van der Waals surface area (Å²) >= 11 is 0. The van der Waals surface area contributed by atoms with Gasteiger partial charge in [-0.25, -0.2) is 0 Å². The van der Waals surface area contributed by atoms with E-state index in [1.165, 1.54) is 60.8 Å². The average molecular weight is 1110 g/mol. The minimum absolute atomic E-state index is 0. The van der Waals surface area contributed by atoms with Gasteiger partial charge in [0.1, 0.15) is 0 Å². The van der Waals surface area contributed by atoms with Crippen LogP contribution in [0.15, 0.2) is 140 Å². The SMILES string of the molecule is [2H]C([2H])([2H])c1cccc(-c2[c-]c(Oc3[c-]c(-c4cc(-c5c(C(C)C)cccc5C(C)C)ccn4)ccc3)c3c(c2)B(c2c(C(C)C)cccc2C(C)C)c2ccccc2B3c2c(C(C)C)cccc2C(C)C)n1.[Pt+2]. The average Bonchev–Trinajstić information content (AvgIpc) is 3.37. The second-order valence-corrected chi connectivity index (χ2v) is 21.2. The van der Waals surface area contributed by atoms with Crippen LogP contribution in [-0.4, -0.2) is 23.4 Å². The summed E-state index contributed by atoms with van der Waals surface area (Å²) in [6, 6.07) is 54.7. The van der Waals surface area contributed by atoms with Crippen LogP contribution in [0, 0.1) is 19.0 Å². The standard InChI is InChI=1S/C65H68B2N2O.Pt/c1-39(2)50-24-18-25-51(40(3)4)62(50)47-33-34-68-60(37-47)46-22-17-23-49(35-46)70-61-38-48(59-32-16-21-45(13)69-59)36-58-65(61)67(64-54(43(9)10)28-20-29-55(64)44(11)12)57-31-15-14-30-56(57)66(58)63-52(41(5)6)26-19-27-53(63)42(7)8;/h14-34,36-37,39-44H,1-13H3;/q-2;+2/i13D3;. The molecule has 6 aromatic carbocycles. The molecule has 0 amide bonds. The van der Waals surface area contributed by atoms with Crippen molar-refractivity contribution >= 4 is 46.2 Å². The number of hydrogen-bond donors (Lipinski definition) is 0. The zero-order chi connectivity index (χ0) is 52.0. The van der Waals surface area contributed by atoms with E-state index >= 15 is 0 Å². The summed E-state index contributed by atoms with van der Waals surface area (Å²) < 4.78 is 32.6. The van der Waals surface area contributed by atoms with E-state index in [2.05, 4.69) is 198 Å². The summed E-state index contributed by atoms with van der Waals surface area (Å²) in [5.41, 5.74) is 20.2. The van der Waals surface area contributed by atoms with E-state index in [4.69, 9.17) is 18.8 Å². The number of ether oxygens (including phenoxy) is 1. The Morgan fingerprint density at radius 1 is 0.465 bits per heavy atom. The number of pyridine rings is 2. The molecule has 0 atom stereocenters. The van der Waals surface area contributed by atoms with Crippen LogP contribution < -0.4 is 37.5 Å². The number of aromatic nitrogens is 2. The third-order valence-corrected chi connectivity index (χ3v) is 14.4. The Bertz CT molecular complexity index is 3250. The fourth-order valence-corrected chi connectivity index (χ4v) is 11.2. The van der Waals surface area contributed by atoms with Crippen LogP contribution in [0.4, 0.5) is 0 Å². The van der Waals surface area contributed by atoms with E-state index in [-0.39, 0.29) is 63.9 Å². The summed E-state index contributed by atoms with van der Waals surface area (Å²) in [5.74, 6) is 2.69. The molecule has 8 aromatic rings. The van der Waals surface area contributed by atoms with Crippen molar-refractivity contribution in [2.24, 2.45) is 0 Å². The van der Waals surface area contributed by atoms with Crippen LogP contribution in [0.3, 0.4) is 0 Å². The number of aryl methyl sites for hydroxylation is 1. The minimum atomic E-state index is -2.40. The van der Waals surface area contributed by atoms with Gasteiger partial charge in [-0.05, 0) is 99.3 Å². The van der Waals surface area contributed by atoms with Crippen molar-refractivity contribution in [3.8, 4) is 45.1 Å². The van der Waals surface area contributed by atoms with Crippen LogP contribution >= 0.6 is 0 Å². The Labute approximate surface area is 445 Å². The summed E-state index contributed by atoms with van der Waals surface area (Å²) in [6.07, 6.45) is 1.91. The number of fused-ring (bicyclic) bond motifs is 2. The molecule has 0 N–H and O–H groups in total. The summed E-state index contributed by atoms with van der Waals surface area (Å²) in [4.78, 5) is 9.81. The molecule has 0 radical (unpaired) electrons. The van der Waals surface area contributed by atoms with Crippen molar-refractivity contribution < 1.29 is 29.9 Å². The first kappa shape index (κ1) is 47.6. The van der Waals surface area contributed by atoms with Crippen molar-refractivity contribution in [1.82, 2.24) is 9.97 Å². The molecule has 0 bridgehead atoms. The summed E-state index contributed by atoms with van der Waals surface area (Å²) in [5, 5.41) is 0. The summed E-state index contributed by atoms with van der Waals surface area (Å²) in [6.45, 7) is 24.5. The second kappa shape index (κ2) is 21.5. The number of hydrogen-bond acceptors (Lipinski definition) is 3.